The highest BCUT2D eigenvalue weighted by atomic mass is 16.5. The number of hydrogen-bond donors (Lipinski definition) is 1. The average Bonchev–Trinajstić information content (AvgIpc) is 2.77. The second kappa shape index (κ2) is 9.13. The summed E-state index contributed by atoms with van der Waals surface area (Å²) in [5.74, 6) is 0.840. The summed E-state index contributed by atoms with van der Waals surface area (Å²) in [6, 6.07) is 9.18. The molecule has 1 aliphatic heterocycles. The predicted octanol–water partition coefficient (Wildman–Crippen LogP) is 4.34. The van der Waals surface area contributed by atoms with E-state index < -0.39 is 0 Å². The molecule has 160 valence electrons. The molecule has 0 amide bonds. The molecule has 2 fully saturated rings. The molecule has 2 aromatic rings. The van der Waals surface area contributed by atoms with Gasteiger partial charge in [0.05, 0.1) is 17.7 Å². The maximum absolute atomic E-state index is 11.8. The molecule has 0 radical (unpaired) electrons. The molecule has 6 heteroatoms. The summed E-state index contributed by atoms with van der Waals surface area (Å²) < 4.78 is 5.00. The van der Waals surface area contributed by atoms with E-state index in [-0.39, 0.29) is 11.5 Å². The summed E-state index contributed by atoms with van der Waals surface area (Å²) in [5.41, 5.74) is 3.01. The lowest BCUT2D eigenvalue weighted by molar-refractivity contribution is 0.0525. The quantitative estimate of drug-likeness (QED) is 0.687. The Morgan fingerprint density at radius 2 is 1.80 bits per heavy atom. The fraction of sp³-hybridized carbons (Fsp3) is 0.542. The molecular formula is C24H32N4O2. The normalized spacial score (nSPS) is 19.1. The number of aromatic nitrogens is 2. The molecular weight excluding hydrogens is 376 g/mol. The Morgan fingerprint density at radius 1 is 1.13 bits per heavy atom. The van der Waals surface area contributed by atoms with E-state index in [1.54, 1.807) is 6.92 Å². The Labute approximate surface area is 179 Å². The zero-order chi connectivity index (χ0) is 21.0. The summed E-state index contributed by atoms with van der Waals surface area (Å²) in [5, 5.41) is 3.54. The Morgan fingerprint density at radius 3 is 2.33 bits per heavy atom. The monoisotopic (exact) mass is 408 g/mol. The van der Waals surface area contributed by atoms with Gasteiger partial charge in [0.1, 0.15) is 0 Å². The van der Waals surface area contributed by atoms with Crippen molar-refractivity contribution < 1.29 is 9.53 Å². The van der Waals surface area contributed by atoms with Crippen molar-refractivity contribution in [2.45, 2.75) is 57.4 Å². The molecule has 2 aliphatic rings. The van der Waals surface area contributed by atoms with Crippen molar-refractivity contribution in [2.75, 3.05) is 31.6 Å². The van der Waals surface area contributed by atoms with Crippen LogP contribution >= 0.6 is 0 Å². The van der Waals surface area contributed by atoms with Gasteiger partial charge in [0.15, 0.2) is 0 Å². The average molecular weight is 409 g/mol. The van der Waals surface area contributed by atoms with Gasteiger partial charge in [-0.25, -0.2) is 14.8 Å². The first-order valence-corrected chi connectivity index (χ1v) is 11.2. The predicted molar refractivity (Wildman–Crippen MR) is 118 cm³/mol. The van der Waals surface area contributed by atoms with Crippen LogP contribution in [-0.2, 0) is 10.3 Å². The largest absolute Gasteiger partial charge is 0.462 e. The van der Waals surface area contributed by atoms with E-state index in [4.69, 9.17) is 4.74 Å². The van der Waals surface area contributed by atoms with E-state index in [1.165, 1.54) is 55.9 Å². The molecule has 4 rings (SSSR count). The van der Waals surface area contributed by atoms with Crippen LogP contribution < -0.4 is 5.32 Å². The van der Waals surface area contributed by atoms with Crippen LogP contribution in [-0.4, -0.2) is 47.1 Å². The van der Waals surface area contributed by atoms with Gasteiger partial charge in [-0.3, -0.25) is 0 Å². The number of nitrogens with zero attached hydrogens (tertiary/aromatic N) is 3. The molecule has 1 saturated carbocycles. The molecule has 1 saturated heterocycles. The SMILES string of the molecule is CCOC(=O)c1cnc(NC2(c3ccc(C4CCN(CC)CC4)cc3)CCC2)nc1. The minimum Gasteiger partial charge on any atom is -0.462 e. The summed E-state index contributed by atoms with van der Waals surface area (Å²) in [6.07, 6.45) is 8.87. The molecule has 0 spiro atoms. The number of likely N-dealkylation sites (tertiary alicyclic amines) is 1. The van der Waals surface area contributed by atoms with Gasteiger partial charge in [-0.15, -0.1) is 0 Å². The highest BCUT2D eigenvalue weighted by Gasteiger charge is 2.39. The zero-order valence-electron chi connectivity index (χ0n) is 18.1. The van der Waals surface area contributed by atoms with Crippen molar-refractivity contribution in [3.63, 3.8) is 0 Å². The van der Waals surface area contributed by atoms with Crippen LogP contribution in [0, 0.1) is 0 Å². The first kappa shape index (κ1) is 20.8. The number of ether oxygens (including phenoxy) is 1. The number of nitrogens with one attached hydrogen (secondary N) is 1. The number of piperidine rings is 1. The van der Waals surface area contributed by atoms with E-state index in [0.29, 0.717) is 24.0 Å². The van der Waals surface area contributed by atoms with Crippen molar-refractivity contribution in [3.05, 3.63) is 53.3 Å². The lowest BCUT2D eigenvalue weighted by Gasteiger charge is -2.43. The van der Waals surface area contributed by atoms with Crippen LogP contribution in [0.5, 0.6) is 0 Å². The van der Waals surface area contributed by atoms with Crippen LogP contribution in [0.2, 0.25) is 0 Å². The molecule has 2 heterocycles. The van der Waals surface area contributed by atoms with E-state index in [1.807, 2.05) is 0 Å². The first-order valence-electron chi connectivity index (χ1n) is 11.2. The number of hydrogen-bond acceptors (Lipinski definition) is 6. The summed E-state index contributed by atoms with van der Waals surface area (Å²) in [4.78, 5) is 23.0. The third-order valence-electron chi connectivity index (χ3n) is 6.69. The second-order valence-corrected chi connectivity index (χ2v) is 8.41. The van der Waals surface area contributed by atoms with Gasteiger partial charge >= 0.3 is 5.97 Å². The third kappa shape index (κ3) is 4.33. The van der Waals surface area contributed by atoms with Gasteiger partial charge in [0.2, 0.25) is 5.95 Å². The van der Waals surface area contributed by atoms with Crippen molar-refractivity contribution in [2.24, 2.45) is 0 Å². The Hall–Kier alpha value is -2.47. The summed E-state index contributed by atoms with van der Waals surface area (Å²) in [7, 11) is 0. The Balaban J connectivity index is 1.43. The van der Waals surface area contributed by atoms with Gasteiger partial charge in [0, 0.05) is 12.4 Å². The van der Waals surface area contributed by atoms with Crippen LogP contribution in [0.1, 0.15) is 73.4 Å². The number of anilines is 1. The molecule has 1 aromatic heterocycles. The van der Waals surface area contributed by atoms with E-state index in [2.05, 4.69) is 51.4 Å². The molecule has 0 atom stereocenters. The van der Waals surface area contributed by atoms with Gasteiger partial charge in [-0.2, -0.15) is 0 Å². The van der Waals surface area contributed by atoms with Crippen molar-refractivity contribution >= 4 is 11.9 Å². The summed E-state index contributed by atoms with van der Waals surface area (Å²) in [6.45, 7) is 7.93. The standard InChI is InChI=1S/C24H32N4O2/c1-3-28-14-10-19(11-15-28)18-6-8-21(9-7-18)24(12-5-13-24)27-23-25-16-20(17-26-23)22(29)30-4-2/h6-9,16-17,19H,3-5,10-15H2,1-2H3,(H,25,26,27). The Kier molecular flexibility index (Phi) is 6.32. The summed E-state index contributed by atoms with van der Waals surface area (Å²) >= 11 is 0. The van der Waals surface area contributed by atoms with E-state index in [0.717, 1.165) is 19.4 Å². The molecule has 6 nitrogen and oxygen atoms in total. The van der Waals surface area contributed by atoms with Crippen LogP contribution in [0.25, 0.3) is 0 Å². The van der Waals surface area contributed by atoms with Crippen molar-refractivity contribution in [1.29, 1.82) is 0 Å². The number of esters is 1. The lowest BCUT2D eigenvalue weighted by Crippen LogP contribution is -2.42. The molecule has 0 unspecified atom stereocenters. The van der Waals surface area contributed by atoms with E-state index in [9.17, 15) is 4.79 Å². The molecule has 0 bridgehead atoms. The fourth-order valence-corrected chi connectivity index (χ4v) is 4.60. The smallest absolute Gasteiger partial charge is 0.341 e. The second-order valence-electron chi connectivity index (χ2n) is 8.41. The molecule has 1 N–H and O–H groups in total. The van der Waals surface area contributed by atoms with E-state index >= 15 is 0 Å². The maximum Gasteiger partial charge on any atom is 0.341 e. The number of carbonyl (C=O) groups is 1. The number of rotatable bonds is 7. The fourth-order valence-electron chi connectivity index (χ4n) is 4.60. The number of benzene rings is 1. The molecule has 1 aliphatic carbocycles. The first-order chi connectivity index (χ1) is 14.6. The van der Waals surface area contributed by atoms with Gasteiger partial charge < -0.3 is 15.0 Å². The minimum absolute atomic E-state index is 0.116. The maximum atomic E-state index is 11.8. The van der Waals surface area contributed by atoms with Gasteiger partial charge in [-0.1, -0.05) is 31.2 Å². The highest BCUT2D eigenvalue weighted by molar-refractivity contribution is 5.88. The zero-order valence-corrected chi connectivity index (χ0v) is 18.1. The van der Waals surface area contributed by atoms with Crippen molar-refractivity contribution in [3.8, 4) is 0 Å². The Bertz CT molecular complexity index is 839. The molecule has 1 aromatic carbocycles. The van der Waals surface area contributed by atoms with Crippen LogP contribution in [0.4, 0.5) is 5.95 Å². The highest BCUT2D eigenvalue weighted by Crippen LogP contribution is 2.44. The lowest BCUT2D eigenvalue weighted by atomic mass is 9.71. The number of carbonyl (C=O) groups excluding carboxylic acids is 1. The third-order valence-corrected chi connectivity index (χ3v) is 6.69. The van der Waals surface area contributed by atoms with Gasteiger partial charge in [-0.05, 0) is 75.7 Å². The van der Waals surface area contributed by atoms with Crippen LogP contribution in [0.15, 0.2) is 36.7 Å². The van der Waals surface area contributed by atoms with Gasteiger partial charge in [0.25, 0.3) is 0 Å². The van der Waals surface area contributed by atoms with Crippen LogP contribution in [0.3, 0.4) is 0 Å². The topological polar surface area (TPSA) is 67.3 Å². The minimum atomic E-state index is -0.386. The molecule has 30 heavy (non-hydrogen) atoms. The van der Waals surface area contributed by atoms with Crippen molar-refractivity contribution in [1.82, 2.24) is 14.9 Å².